The van der Waals surface area contributed by atoms with Crippen molar-refractivity contribution in [1.82, 2.24) is 0 Å². The van der Waals surface area contributed by atoms with Crippen LogP contribution < -0.4 is 0 Å². The number of benzene rings is 2. The van der Waals surface area contributed by atoms with E-state index in [1.165, 1.54) is 36.8 Å². The first-order valence-corrected chi connectivity index (χ1v) is 6.52. The lowest BCUT2D eigenvalue weighted by Crippen LogP contribution is -1.94. The smallest absolute Gasteiger partial charge is 0.535 e. The van der Waals surface area contributed by atoms with E-state index in [1.807, 2.05) is 0 Å². The molecule has 0 saturated heterocycles. The molecule has 0 aliphatic heterocycles. The number of halogens is 4. The van der Waals surface area contributed by atoms with Gasteiger partial charge in [0.05, 0.1) is 12.5 Å². The van der Waals surface area contributed by atoms with Gasteiger partial charge in [0, 0.05) is 23.3 Å². The zero-order chi connectivity index (χ0) is 16.7. The second-order valence-corrected chi connectivity index (χ2v) is 4.39. The molecule has 0 saturated carbocycles. The maximum absolute atomic E-state index is 13.3. The fraction of sp³-hybridized carbons (Fsp3) is 0. The summed E-state index contributed by atoms with van der Waals surface area (Å²) in [6.45, 7) is 0. The molecule has 2 aromatic rings. The molecule has 2 rings (SSSR count). The quantitative estimate of drug-likeness (QED) is 0.344. The van der Waals surface area contributed by atoms with E-state index in [1.54, 1.807) is 0 Å². The van der Waals surface area contributed by atoms with Crippen molar-refractivity contribution in [3.05, 3.63) is 83.3 Å². The van der Waals surface area contributed by atoms with Crippen molar-refractivity contribution in [1.29, 1.82) is 0 Å². The van der Waals surface area contributed by atoms with Crippen LogP contribution in [0, 0.1) is 23.3 Å². The molecule has 0 N–H and O–H groups in total. The molecule has 118 valence electrons. The molecule has 7 heteroatoms. The third-order valence-corrected chi connectivity index (χ3v) is 2.75. The van der Waals surface area contributed by atoms with Crippen molar-refractivity contribution in [2.45, 2.75) is 0 Å². The molecule has 0 aliphatic carbocycles. The third kappa shape index (κ3) is 5.21. The molecule has 0 atom stereocenters. The molecule has 23 heavy (non-hydrogen) atoms. The molecule has 0 bridgehead atoms. The highest BCUT2D eigenvalue weighted by molar-refractivity contribution is 6.18. The van der Waals surface area contributed by atoms with E-state index in [2.05, 4.69) is 0 Å². The summed E-state index contributed by atoms with van der Waals surface area (Å²) in [4.78, 5) is 0. The fourth-order valence-electron chi connectivity index (χ4n) is 1.63. The lowest BCUT2D eigenvalue weighted by Gasteiger charge is -2.00. The summed E-state index contributed by atoms with van der Waals surface area (Å²) in [6.07, 6.45) is 4.98. The minimum absolute atomic E-state index is 0.162. The summed E-state index contributed by atoms with van der Waals surface area (Å²) < 4.78 is 61.8. The first kappa shape index (κ1) is 16.7. The molecule has 0 aromatic heterocycles. The standard InChI is InChI=1S/C16H11BF4O2/c18-13-3-1-11(15(20)9-13)5-7-22-17-23-8-6-12-2-4-14(19)10-16(12)21/h1-10,17H. The zero-order valence-electron chi connectivity index (χ0n) is 11.8. The Hall–Kier alpha value is -2.70. The van der Waals surface area contributed by atoms with E-state index in [0.29, 0.717) is 0 Å². The van der Waals surface area contributed by atoms with Gasteiger partial charge in [-0.25, -0.2) is 17.6 Å². The van der Waals surface area contributed by atoms with Gasteiger partial charge in [0.2, 0.25) is 0 Å². The van der Waals surface area contributed by atoms with Crippen LogP contribution in [0.4, 0.5) is 17.6 Å². The summed E-state index contributed by atoms with van der Waals surface area (Å²) in [6, 6.07) is 6.30. The lowest BCUT2D eigenvalue weighted by atomic mass is 10.2. The van der Waals surface area contributed by atoms with Crippen molar-refractivity contribution < 1.29 is 26.9 Å². The van der Waals surface area contributed by atoms with Crippen molar-refractivity contribution in [2.24, 2.45) is 0 Å². The first-order chi connectivity index (χ1) is 11.1. The Morgan fingerprint density at radius 2 is 1.13 bits per heavy atom. The van der Waals surface area contributed by atoms with Crippen LogP contribution in [-0.4, -0.2) is 7.69 Å². The minimum Gasteiger partial charge on any atom is -0.535 e. The molecule has 0 spiro atoms. The highest BCUT2D eigenvalue weighted by atomic mass is 19.1. The van der Waals surface area contributed by atoms with Crippen LogP contribution >= 0.6 is 0 Å². The largest absolute Gasteiger partial charge is 0.575 e. The monoisotopic (exact) mass is 322 g/mol. The van der Waals surface area contributed by atoms with Gasteiger partial charge in [0.25, 0.3) is 0 Å². The molecule has 0 aliphatic rings. The van der Waals surface area contributed by atoms with Gasteiger partial charge in [-0.1, -0.05) is 0 Å². The highest BCUT2D eigenvalue weighted by Gasteiger charge is 2.01. The van der Waals surface area contributed by atoms with Gasteiger partial charge >= 0.3 is 7.69 Å². The number of hydrogen-bond acceptors (Lipinski definition) is 2. The predicted octanol–water partition coefficient (Wildman–Crippen LogP) is 4.18. The highest BCUT2D eigenvalue weighted by Crippen LogP contribution is 2.12. The lowest BCUT2D eigenvalue weighted by molar-refractivity contribution is 0.379. The van der Waals surface area contributed by atoms with E-state index in [4.69, 9.17) is 9.31 Å². The van der Waals surface area contributed by atoms with Gasteiger partial charge in [-0.3, -0.25) is 0 Å². The van der Waals surface area contributed by atoms with Gasteiger partial charge < -0.3 is 9.31 Å². The minimum atomic E-state index is -0.711. The molecular formula is C16H11BF4O2. The Morgan fingerprint density at radius 3 is 1.52 bits per heavy atom. The Balaban J connectivity index is 1.77. The van der Waals surface area contributed by atoms with Crippen LogP contribution in [0.2, 0.25) is 0 Å². The van der Waals surface area contributed by atoms with Crippen LogP contribution in [0.15, 0.2) is 48.9 Å². The first-order valence-electron chi connectivity index (χ1n) is 6.52. The van der Waals surface area contributed by atoms with Crippen molar-refractivity contribution >= 4 is 19.8 Å². The van der Waals surface area contributed by atoms with Gasteiger partial charge in [0.15, 0.2) is 0 Å². The summed E-state index contributed by atoms with van der Waals surface area (Å²) >= 11 is 0. The molecule has 0 unspecified atom stereocenters. The summed E-state index contributed by atoms with van der Waals surface area (Å²) in [5.41, 5.74) is 0.325. The molecule has 2 nitrogen and oxygen atoms in total. The number of rotatable bonds is 6. The van der Waals surface area contributed by atoms with Crippen molar-refractivity contribution in [3.8, 4) is 0 Å². The second kappa shape index (κ2) is 8.07. The summed E-state index contributed by atoms with van der Waals surface area (Å²) in [5.74, 6) is -2.75. The normalized spacial score (nSPS) is 11.1. The number of hydrogen-bond donors (Lipinski definition) is 0. The molecule has 0 heterocycles. The van der Waals surface area contributed by atoms with Crippen LogP contribution in [0.5, 0.6) is 0 Å². The fourth-order valence-corrected chi connectivity index (χ4v) is 1.63. The van der Waals surface area contributed by atoms with Gasteiger partial charge in [-0.15, -0.1) is 0 Å². The molecule has 0 fully saturated rings. The Morgan fingerprint density at radius 1 is 0.696 bits per heavy atom. The molecule has 2 aromatic carbocycles. The molecular weight excluding hydrogens is 311 g/mol. The Bertz CT molecular complexity index is 671. The van der Waals surface area contributed by atoms with Gasteiger partial charge in [-0.2, -0.15) is 0 Å². The zero-order valence-corrected chi connectivity index (χ0v) is 11.8. The molecule has 0 radical (unpaired) electrons. The third-order valence-electron chi connectivity index (χ3n) is 2.75. The van der Waals surface area contributed by atoms with Crippen LogP contribution in [0.3, 0.4) is 0 Å². The van der Waals surface area contributed by atoms with Crippen LogP contribution in [-0.2, 0) is 9.31 Å². The van der Waals surface area contributed by atoms with E-state index < -0.39 is 23.3 Å². The molecule has 0 amide bonds. The van der Waals surface area contributed by atoms with E-state index in [-0.39, 0.29) is 18.8 Å². The summed E-state index contributed by atoms with van der Waals surface area (Å²) in [7, 11) is -0.196. The SMILES string of the molecule is Fc1ccc(C=COBOC=Cc2ccc(F)cc2F)c(F)c1. The van der Waals surface area contributed by atoms with Gasteiger partial charge in [0.1, 0.15) is 23.3 Å². The maximum Gasteiger partial charge on any atom is 0.575 e. The van der Waals surface area contributed by atoms with Crippen LogP contribution in [0.1, 0.15) is 11.1 Å². The second-order valence-electron chi connectivity index (χ2n) is 4.39. The van der Waals surface area contributed by atoms with E-state index in [9.17, 15) is 17.6 Å². The van der Waals surface area contributed by atoms with E-state index >= 15 is 0 Å². The van der Waals surface area contributed by atoms with Crippen molar-refractivity contribution in [2.75, 3.05) is 0 Å². The van der Waals surface area contributed by atoms with E-state index in [0.717, 1.165) is 24.3 Å². The van der Waals surface area contributed by atoms with Gasteiger partial charge in [-0.05, 0) is 36.4 Å². The maximum atomic E-state index is 13.3. The average Bonchev–Trinajstić information content (AvgIpc) is 2.50. The Labute approximate surface area is 131 Å². The van der Waals surface area contributed by atoms with Crippen LogP contribution in [0.25, 0.3) is 12.2 Å². The predicted molar refractivity (Wildman–Crippen MR) is 80.1 cm³/mol. The topological polar surface area (TPSA) is 18.5 Å². The Kier molecular flexibility index (Phi) is 5.85. The average molecular weight is 322 g/mol. The summed E-state index contributed by atoms with van der Waals surface area (Å²) in [5, 5.41) is 0. The van der Waals surface area contributed by atoms with Crippen molar-refractivity contribution in [3.63, 3.8) is 0 Å².